The Labute approximate surface area is 156 Å². The van der Waals surface area contributed by atoms with Crippen molar-refractivity contribution in [1.29, 1.82) is 0 Å². The number of para-hydroxylation sites is 1. The Bertz CT molecular complexity index is 1000. The summed E-state index contributed by atoms with van der Waals surface area (Å²) in [6.07, 6.45) is 0.624. The van der Waals surface area contributed by atoms with E-state index in [0.717, 1.165) is 22.5 Å². The van der Waals surface area contributed by atoms with Crippen molar-refractivity contribution in [2.45, 2.75) is 12.5 Å². The molecule has 0 radical (unpaired) electrons. The minimum absolute atomic E-state index is 0.0318. The van der Waals surface area contributed by atoms with Gasteiger partial charge in [-0.1, -0.05) is 48.5 Å². The van der Waals surface area contributed by atoms with Crippen molar-refractivity contribution in [2.24, 2.45) is 5.10 Å². The number of non-ortho nitro benzene ring substituents is 1. The maximum absolute atomic E-state index is 10.9. The van der Waals surface area contributed by atoms with Crippen LogP contribution < -0.4 is 5.01 Å². The first-order valence-electron chi connectivity index (χ1n) is 8.58. The third-order valence-electron chi connectivity index (χ3n) is 4.64. The van der Waals surface area contributed by atoms with Gasteiger partial charge in [0.15, 0.2) is 0 Å². The number of nitrogens with zero attached hydrogens (tertiary/aromatic N) is 3. The zero-order chi connectivity index (χ0) is 18.8. The van der Waals surface area contributed by atoms with Crippen molar-refractivity contribution < 1.29 is 10.0 Å². The van der Waals surface area contributed by atoms with Crippen LogP contribution >= 0.6 is 0 Å². The van der Waals surface area contributed by atoms with E-state index >= 15 is 0 Å². The maximum Gasteiger partial charge on any atom is 0.269 e. The normalized spacial score (nSPS) is 16.2. The molecule has 0 amide bonds. The Morgan fingerprint density at radius 1 is 0.963 bits per heavy atom. The number of hydrogen-bond donors (Lipinski definition) is 1. The highest BCUT2D eigenvalue weighted by molar-refractivity contribution is 6.03. The van der Waals surface area contributed by atoms with Crippen molar-refractivity contribution in [3.05, 3.63) is 100 Å². The molecule has 0 saturated heterocycles. The van der Waals surface area contributed by atoms with Crippen LogP contribution in [0.3, 0.4) is 0 Å². The van der Waals surface area contributed by atoms with Crippen molar-refractivity contribution in [3.8, 4) is 5.75 Å². The number of phenols is 1. The Morgan fingerprint density at radius 2 is 1.63 bits per heavy atom. The molecule has 4 rings (SSSR count). The molecule has 1 atom stereocenters. The van der Waals surface area contributed by atoms with E-state index in [1.54, 1.807) is 24.3 Å². The number of nitro groups is 1. The van der Waals surface area contributed by atoms with Gasteiger partial charge in [-0.3, -0.25) is 15.1 Å². The smallest absolute Gasteiger partial charge is 0.269 e. The summed E-state index contributed by atoms with van der Waals surface area (Å²) in [6, 6.07) is 23.2. The van der Waals surface area contributed by atoms with Gasteiger partial charge in [-0.25, -0.2) is 0 Å². The zero-order valence-electron chi connectivity index (χ0n) is 14.4. The first-order valence-corrected chi connectivity index (χ1v) is 8.58. The fourth-order valence-electron chi connectivity index (χ4n) is 3.29. The van der Waals surface area contributed by atoms with E-state index < -0.39 is 4.92 Å². The molecule has 0 spiro atoms. The summed E-state index contributed by atoms with van der Waals surface area (Å²) in [5.41, 5.74) is 3.46. The number of hydrazone groups is 1. The van der Waals surface area contributed by atoms with Gasteiger partial charge >= 0.3 is 0 Å². The number of hydrogen-bond acceptors (Lipinski definition) is 5. The minimum atomic E-state index is -0.424. The summed E-state index contributed by atoms with van der Waals surface area (Å²) in [5, 5.41) is 27.9. The molecule has 0 unspecified atom stereocenters. The second-order valence-corrected chi connectivity index (χ2v) is 6.31. The Hall–Kier alpha value is -3.67. The maximum atomic E-state index is 10.9. The van der Waals surface area contributed by atoms with Crippen LogP contribution in [0.1, 0.15) is 23.6 Å². The molecule has 1 heterocycles. The number of nitro benzene ring substituents is 1. The van der Waals surface area contributed by atoms with Gasteiger partial charge in [0.05, 0.1) is 22.4 Å². The molecule has 3 aromatic rings. The molecule has 3 aromatic carbocycles. The van der Waals surface area contributed by atoms with E-state index in [0.29, 0.717) is 6.42 Å². The van der Waals surface area contributed by atoms with Gasteiger partial charge in [0.25, 0.3) is 5.69 Å². The van der Waals surface area contributed by atoms with Crippen LogP contribution in [0.5, 0.6) is 5.75 Å². The first kappa shape index (κ1) is 16.8. The van der Waals surface area contributed by atoms with E-state index in [4.69, 9.17) is 5.10 Å². The van der Waals surface area contributed by atoms with Crippen LogP contribution in [-0.2, 0) is 0 Å². The second kappa shape index (κ2) is 6.92. The molecule has 1 N–H and O–H groups in total. The fourth-order valence-corrected chi connectivity index (χ4v) is 3.29. The van der Waals surface area contributed by atoms with Crippen LogP contribution in [0.15, 0.2) is 84.0 Å². The lowest BCUT2D eigenvalue weighted by Gasteiger charge is -2.24. The number of rotatable bonds is 4. The Morgan fingerprint density at radius 3 is 2.30 bits per heavy atom. The monoisotopic (exact) mass is 359 g/mol. The Kier molecular flexibility index (Phi) is 4.30. The van der Waals surface area contributed by atoms with Gasteiger partial charge < -0.3 is 5.11 Å². The molecular weight excluding hydrogens is 342 g/mol. The van der Waals surface area contributed by atoms with Gasteiger partial charge in [-0.15, -0.1) is 0 Å². The third-order valence-corrected chi connectivity index (χ3v) is 4.64. The molecule has 6 heteroatoms. The van der Waals surface area contributed by atoms with Gasteiger partial charge in [-0.2, -0.15) is 5.10 Å². The van der Waals surface area contributed by atoms with Crippen LogP contribution in [0, 0.1) is 10.1 Å². The van der Waals surface area contributed by atoms with Crippen LogP contribution in [-0.4, -0.2) is 15.7 Å². The molecule has 0 aliphatic carbocycles. The lowest BCUT2D eigenvalue weighted by Crippen LogP contribution is -2.18. The number of anilines is 1. The predicted octanol–water partition coefficient (Wildman–Crippen LogP) is 4.66. The van der Waals surface area contributed by atoms with Crippen LogP contribution in [0.4, 0.5) is 11.4 Å². The number of benzene rings is 3. The summed E-state index contributed by atoms with van der Waals surface area (Å²) in [4.78, 5) is 10.5. The van der Waals surface area contributed by atoms with E-state index in [-0.39, 0.29) is 17.5 Å². The first-order chi connectivity index (χ1) is 13.1. The largest absolute Gasteiger partial charge is 0.508 e. The van der Waals surface area contributed by atoms with E-state index in [2.05, 4.69) is 0 Å². The van der Waals surface area contributed by atoms with E-state index in [9.17, 15) is 15.2 Å². The molecular formula is C21H17N3O3. The lowest BCUT2D eigenvalue weighted by molar-refractivity contribution is -0.384. The average Bonchev–Trinajstić information content (AvgIpc) is 3.14. The van der Waals surface area contributed by atoms with Crippen molar-refractivity contribution >= 4 is 17.1 Å². The van der Waals surface area contributed by atoms with Gasteiger partial charge in [-0.05, 0) is 23.8 Å². The zero-order valence-corrected chi connectivity index (χ0v) is 14.4. The highest BCUT2D eigenvalue weighted by atomic mass is 16.6. The quantitative estimate of drug-likeness (QED) is 0.543. The topological polar surface area (TPSA) is 79.0 Å². The molecule has 1 aliphatic heterocycles. The molecule has 0 saturated carbocycles. The molecule has 134 valence electrons. The predicted molar refractivity (Wildman–Crippen MR) is 104 cm³/mol. The second-order valence-electron chi connectivity index (χ2n) is 6.31. The summed E-state index contributed by atoms with van der Waals surface area (Å²) in [7, 11) is 0. The van der Waals surface area contributed by atoms with Gasteiger partial charge in [0, 0.05) is 24.1 Å². The molecule has 0 fully saturated rings. The molecule has 1 aliphatic rings. The van der Waals surface area contributed by atoms with E-state index in [1.807, 2.05) is 47.5 Å². The number of aromatic hydroxyl groups is 1. The molecule has 0 aromatic heterocycles. The summed E-state index contributed by atoms with van der Waals surface area (Å²) >= 11 is 0. The SMILES string of the molecule is O=[N+]([O-])c1ccc(N2N=C(c3ccccc3)C[C@@H]2c2ccccc2O)cc1. The highest BCUT2D eigenvalue weighted by Crippen LogP contribution is 2.40. The minimum Gasteiger partial charge on any atom is -0.508 e. The van der Waals surface area contributed by atoms with Crippen molar-refractivity contribution in [2.75, 3.05) is 5.01 Å². The van der Waals surface area contributed by atoms with Crippen LogP contribution in [0.25, 0.3) is 0 Å². The highest BCUT2D eigenvalue weighted by Gasteiger charge is 2.31. The fraction of sp³-hybridized carbons (Fsp3) is 0.0952. The summed E-state index contributed by atoms with van der Waals surface area (Å²) in [6.45, 7) is 0. The number of phenolic OH excluding ortho intramolecular Hbond substituents is 1. The summed E-state index contributed by atoms with van der Waals surface area (Å²) < 4.78 is 0. The van der Waals surface area contributed by atoms with E-state index in [1.165, 1.54) is 12.1 Å². The lowest BCUT2D eigenvalue weighted by atomic mass is 9.97. The average molecular weight is 359 g/mol. The molecule has 0 bridgehead atoms. The summed E-state index contributed by atoms with van der Waals surface area (Å²) in [5.74, 6) is 0.207. The third kappa shape index (κ3) is 3.25. The van der Waals surface area contributed by atoms with Crippen LogP contribution in [0.2, 0.25) is 0 Å². The van der Waals surface area contributed by atoms with Gasteiger partial charge in [0.2, 0.25) is 0 Å². The molecule has 6 nitrogen and oxygen atoms in total. The molecule has 27 heavy (non-hydrogen) atoms. The Balaban J connectivity index is 1.76. The van der Waals surface area contributed by atoms with Crippen molar-refractivity contribution in [3.63, 3.8) is 0 Å². The van der Waals surface area contributed by atoms with Gasteiger partial charge in [0.1, 0.15) is 5.75 Å². The standard InChI is InChI=1S/C21H17N3O3/c25-21-9-5-4-8-18(21)20-14-19(15-6-2-1-3-7-15)22-23(20)16-10-12-17(13-11-16)24(26)27/h1-13,20,25H,14H2/t20-/m1/s1. The van der Waals surface area contributed by atoms with Crippen molar-refractivity contribution in [1.82, 2.24) is 0 Å².